The lowest BCUT2D eigenvalue weighted by Gasteiger charge is -2.15. The van der Waals surface area contributed by atoms with Gasteiger partial charge in [0.05, 0.1) is 0 Å². The van der Waals surface area contributed by atoms with Crippen LogP contribution in [0.1, 0.15) is 11.7 Å². The van der Waals surface area contributed by atoms with E-state index in [2.05, 4.69) is 0 Å². The van der Waals surface area contributed by atoms with Crippen LogP contribution in [0.5, 0.6) is 11.5 Å². The number of aliphatic hydroxyl groups is 1. The van der Waals surface area contributed by atoms with Gasteiger partial charge in [-0.25, -0.2) is 0 Å². The monoisotopic (exact) mass is 208 g/mol. The van der Waals surface area contributed by atoms with E-state index >= 15 is 0 Å². The van der Waals surface area contributed by atoms with Crippen molar-refractivity contribution in [3.63, 3.8) is 0 Å². The van der Waals surface area contributed by atoms with Gasteiger partial charge in [0.15, 0.2) is 6.10 Å². The molecule has 1 rings (SSSR count). The first-order chi connectivity index (χ1) is 6.32. The van der Waals surface area contributed by atoms with Gasteiger partial charge in [-0.3, -0.25) is 0 Å². The summed E-state index contributed by atoms with van der Waals surface area (Å²) < 4.78 is 36.0. The van der Waals surface area contributed by atoms with Crippen molar-refractivity contribution in [2.45, 2.75) is 12.3 Å². The SMILES string of the molecule is Oc1ccc(O)c([C@@H](O)C(F)(F)F)c1. The Morgan fingerprint density at radius 1 is 1.14 bits per heavy atom. The van der Waals surface area contributed by atoms with Gasteiger partial charge in [0.1, 0.15) is 11.5 Å². The number of hydrogen-bond acceptors (Lipinski definition) is 3. The Bertz CT molecular complexity index is 335. The Morgan fingerprint density at radius 2 is 1.71 bits per heavy atom. The van der Waals surface area contributed by atoms with Gasteiger partial charge in [-0.05, 0) is 18.2 Å². The summed E-state index contributed by atoms with van der Waals surface area (Å²) in [6.45, 7) is 0. The molecule has 0 heterocycles. The normalized spacial score (nSPS) is 14.0. The molecule has 6 heteroatoms. The van der Waals surface area contributed by atoms with E-state index in [0.717, 1.165) is 12.1 Å². The molecule has 0 aromatic heterocycles. The number of alkyl halides is 3. The molecule has 0 radical (unpaired) electrons. The lowest BCUT2D eigenvalue weighted by Crippen LogP contribution is -2.20. The highest BCUT2D eigenvalue weighted by molar-refractivity contribution is 5.40. The number of hydrogen-bond donors (Lipinski definition) is 3. The zero-order chi connectivity index (χ0) is 10.9. The summed E-state index contributed by atoms with van der Waals surface area (Å²) in [4.78, 5) is 0. The van der Waals surface area contributed by atoms with Gasteiger partial charge in [-0.1, -0.05) is 0 Å². The first-order valence-electron chi connectivity index (χ1n) is 3.59. The molecule has 0 fully saturated rings. The van der Waals surface area contributed by atoms with Gasteiger partial charge in [0, 0.05) is 5.56 Å². The van der Waals surface area contributed by atoms with E-state index in [4.69, 9.17) is 15.3 Å². The highest BCUT2D eigenvalue weighted by Crippen LogP contribution is 2.37. The number of benzene rings is 1. The van der Waals surface area contributed by atoms with E-state index in [0.29, 0.717) is 6.07 Å². The summed E-state index contributed by atoms with van der Waals surface area (Å²) in [5, 5.41) is 26.6. The Balaban J connectivity index is 3.12. The molecule has 0 bridgehead atoms. The third-order valence-electron chi connectivity index (χ3n) is 1.62. The molecule has 0 aliphatic heterocycles. The molecule has 3 nitrogen and oxygen atoms in total. The van der Waals surface area contributed by atoms with Crippen molar-refractivity contribution in [3.05, 3.63) is 23.8 Å². The van der Waals surface area contributed by atoms with Crippen LogP contribution in [0.2, 0.25) is 0 Å². The summed E-state index contributed by atoms with van der Waals surface area (Å²) >= 11 is 0. The van der Waals surface area contributed by atoms with E-state index < -0.39 is 29.3 Å². The van der Waals surface area contributed by atoms with Crippen molar-refractivity contribution < 1.29 is 28.5 Å². The van der Waals surface area contributed by atoms with Gasteiger partial charge in [-0.15, -0.1) is 0 Å². The highest BCUT2D eigenvalue weighted by atomic mass is 19.4. The fourth-order valence-corrected chi connectivity index (χ4v) is 0.937. The number of aromatic hydroxyl groups is 2. The third-order valence-corrected chi connectivity index (χ3v) is 1.62. The highest BCUT2D eigenvalue weighted by Gasteiger charge is 2.40. The van der Waals surface area contributed by atoms with E-state index in [1.807, 2.05) is 0 Å². The zero-order valence-electron chi connectivity index (χ0n) is 6.78. The lowest BCUT2D eigenvalue weighted by molar-refractivity contribution is -0.207. The Morgan fingerprint density at radius 3 is 2.21 bits per heavy atom. The molecule has 0 aliphatic rings. The summed E-state index contributed by atoms with van der Waals surface area (Å²) in [6.07, 6.45) is -7.67. The first kappa shape index (κ1) is 10.6. The Labute approximate surface area is 77.0 Å². The minimum atomic E-state index is -4.87. The van der Waals surface area contributed by atoms with Crippen LogP contribution < -0.4 is 0 Å². The smallest absolute Gasteiger partial charge is 0.418 e. The topological polar surface area (TPSA) is 60.7 Å². The second-order valence-corrected chi connectivity index (χ2v) is 2.69. The molecule has 0 saturated carbocycles. The summed E-state index contributed by atoms with van der Waals surface area (Å²) in [6, 6.07) is 2.55. The van der Waals surface area contributed by atoms with Crippen molar-refractivity contribution in [3.8, 4) is 11.5 Å². The van der Waals surface area contributed by atoms with E-state index in [-0.39, 0.29) is 0 Å². The fraction of sp³-hybridized carbons (Fsp3) is 0.250. The van der Waals surface area contributed by atoms with Crippen LogP contribution in [-0.2, 0) is 0 Å². The van der Waals surface area contributed by atoms with Gasteiger partial charge in [0.25, 0.3) is 0 Å². The number of rotatable bonds is 1. The van der Waals surface area contributed by atoms with Gasteiger partial charge < -0.3 is 15.3 Å². The number of aliphatic hydroxyl groups excluding tert-OH is 1. The van der Waals surface area contributed by atoms with Crippen LogP contribution in [0.4, 0.5) is 13.2 Å². The Hall–Kier alpha value is -1.43. The van der Waals surface area contributed by atoms with E-state index in [1.165, 1.54) is 0 Å². The van der Waals surface area contributed by atoms with Crippen molar-refractivity contribution in [1.82, 2.24) is 0 Å². The number of halogens is 3. The average molecular weight is 208 g/mol. The van der Waals surface area contributed by atoms with E-state index in [1.54, 1.807) is 0 Å². The predicted octanol–water partition coefficient (Wildman–Crippen LogP) is 1.69. The molecule has 0 spiro atoms. The minimum absolute atomic E-state index is 0.457. The molecule has 14 heavy (non-hydrogen) atoms. The van der Waals surface area contributed by atoms with Gasteiger partial charge >= 0.3 is 6.18 Å². The molecule has 1 aromatic carbocycles. The molecular weight excluding hydrogens is 201 g/mol. The molecule has 0 aliphatic carbocycles. The molecular formula is C8H7F3O3. The van der Waals surface area contributed by atoms with Crippen LogP contribution in [0, 0.1) is 0 Å². The standard InChI is InChI=1S/C8H7F3O3/c9-8(10,11)7(14)5-3-4(12)1-2-6(5)13/h1-3,7,12-14H/t7-/m1/s1. The first-order valence-corrected chi connectivity index (χ1v) is 3.59. The fourth-order valence-electron chi connectivity index (χ4n) is 0.937. The predicted molar refractivity (Wildman–Crippen MR) is 40.8 cm³/mol. The Kier molecular flexibility index (Phi) is 2.57. The molecule has 0 amide bonds. The maximum absolute atomic E-state index is 12.0. The van der Waals surface area contributed by atoms with Crippen LogP contribution in [-0.4, -0.2) is 21.5 Å². The third kappa shape index (κ3) is 2.08. The number of phenolic OH excluding ortho intramolecular Hbond substituents is 2. The molecule has 78 valence electrons. The lowest BCUT2D eigenvalue weighted by atomic mass is 10.1. The minimum Gasteiger partial charge on any atom is -0.508 e. The van der Waals surface area contributed by atoms with Crippen molar-refractivity contribution in [2.24, 2.45) is 0 Å². The molecule has 0 unspecified atom stereocenters. The molecule has 1 aromatic rings. The molecule has 1 atom stereocenters. The van der Waals surface area contributed by atoms with Crippen molar-refractivity contribution in [1.29, 1.82) is 0 Å². The van der Waals surface area contributed by atoms with Gasteiger partial charge in [0.2, 0.25) is 0 Å². The van der Waals surface area contributed by atoms with Crippen molar-refractivity contribution >= 4 is 0 Å². The molecule has 0 saturated heterocycles. The zero-order valence-corrected chi connectivity index (χ0v) is 6.78. The summed E-state index contributed by atoms with van der Waals surface area (Å²) in [5.74, 6) is -1.17. The second kappa shape index (κ2) is 3.38. The largest absolute Gasteiger partial charge is 0.508 e. The van der Waals surface area contributed by atoms with Crippen LogP contribution >= 0.6 is 0 Å². The summed E-state index contributed by atoms with van der Waals surface area (Å²) in [5.41, 5.74) is -0.766. The van der Waals surface area contributed by atoms with Crippen LogP contribution in [0.15, 0.2) is 18.2 Å². The average Bonchev–Trinajstić information content (AvgIpc) is 2.06. The maximum atomic E-state index is 12.0. The van der Waals surface area contributed by atoms with Crippen LogP contribution in [0.3, 0.4) is 0 Å². The van der Waals surface area contributed by atoms with Gasteiger partial charge in [-0.2, -0.15) is 13.2 Å². The number of phenols is 2. The molecule has 3 N–H and O–H groups in total. The van der Waals surface area contributed by atoms with Crippen molar-refractivity contribution in [2.75, 3.05) is 0 Å². The second-order valence-electron chi connectivity index (χ2n) is 2.69. The quantitative estimate of drug-likeness (QED) is 0.615. The van der Waals surface area contributed by atoms with Crippen LogP contribution in [0.25, 0.3) is 0 Å². The summed E-state index contributed by atoms with van der Waals surface area (Å²) in [7, 11) is 0. The van der Waals surface area contributed by atoms with E-state index in [9.17, 15) is 13.2 Å². The maximum Gasteiger partial charge on any atom is 0.418 e.